The van der Waals surface area contributed by atoms with Crippen molar-refractivity contribution in [2.75, 3.05) is 26.7 Å². The monoisotopic (exact) mass is 450 g/mol. The number of rotatable bonds is 1. The van der Waals surface area contributed by atoms with E-state index in [0.29, 0.717) is 25.1 Å². The van der Waals surface area contributed by atoms with Gasteiger partial charge in [0.15, 0.2) is 5.69 Å². The third-order valence-corrected chi connectivity index (χ3v) is 5.49. The SMILES string of the molecule is CN1CC[C@@](O)(C#Cc2ccc3c(c2)-n2nc(C(N)=O)c(C(F)(F)F)c2C(C)(O)CO3)C1. The smallest absolute Gasteiger partial charge is 0.420 e. The number of aromatic nitrogens is 2. The summed E-state index contributed by atoms with van der Waals surface area (Å²) in [6.07, 6.45) is -4.53. The quantitative estimate of drug-likeness (QED) is 0.559. The Balaban J connectivity index is 1.89. The number of fused-ring (bicyclic) bond motifs is 3. The first-order valence-corrected chi connectivity index (χ1v) is 9.75. The number of alkyl halides is 3. The number of likely N-dealkylation sites (N-methyl/N-ethyl adjacent to an activating group) is 1. The minimum atomic E-state index is -5.00. The van der Waals surface area contributed by atoms with Crippen LogP contribution in [-0.4, -0.2) is 63.1 Å². The average Bonchev–Trinajstić information content (AvgIpc) is 3.24. The van der Waals surface area contributed by atoms with Gasteiger partial charge in [-0.05, 0) is 32.2 Å². The van der Waals surface area contributed by atoms with Crippen LogP contribution in [0.2, 0.25) is 0 Å². The number of carbonyl (C=O) groups excluding carboxylic acids is 1. The number of β-amino-alcohol motifs (C(OH)–C–C–N with tert-alkyl or cyclic N) is 1. The summed E-state index contributed by atoms with van der Waals surface area (Å²) in [5.74, 6) is 4.43. The van der Waals surface area contributed by atoms with Gasteiger partial charge in [-0.15, -0.1) is 0 Å². The molecule has 0 radical (unpaired) electrons. The summed E-state index contributed by atoms with van der Waals surface area (Å²) >= 11 is 0. The zero-order chi connectivity index (χ0) is 23.5. The molecule has 11 heteroatoms. The number of nitrogens with zero attached hydrogens (tertiary/aromatic N) is 3. The summed E-state index contributed by atoms with van der Waals surface area (Å²) < 4.78 is 48.0. The number of benzene rings is 1. The topological polar surface area (TPSA) is 114 Å². The summed E-state index contributed by atoms with van der Waals surface area (Å²) in [5.41, 5.74) is -0.785. The molecule has 2 aliphatic rings. The van der Waals surface area contributed by atoms with Crippen molar-refractivity contribution >= 4 is 5.91 Å². The lowest BCUT2D eigenvalue weighted by molar-refractivity contribution is -0.141. The number of nitrogens with two attached hydrogens (primary N) is 1. The number of carbonyl (C=O) groups is 1. The van der Waals surface area contributed by atoms with Crippen molar-refractivity contribution in [3.8, 4) is 23.3 Å². The van der Waals surface area contributed by atoms with Gasteiger partial charge in [-0.25, -0.2) is 4.68 Å². The molecule has 170 valence electrons. The van der Waals surface area contributed by atoms with Crippen molar-refractivity contribution in [1.29, 1.82) is 0 Å². The summed E-state index contributed by atoms with van der Waals surface area (Å²) in [4.78, 5) is 13.7. The van der Waals surface area contributed by atoms with Gasteiger partial charge >= 0.3 is 6.18 Å². The fourth-order valence-corrected chi connectivity index (χ4v) is 3.97. The van der Waals surface area contributed by atoms with E-state index in [2.05, 4.69) is 16.9 Å². The Kier molecular flexibility index (Phi) is 5.00. The lowest BCUT2D eigenvalue weighted by Gasteiger charge is -2.23. The van der Waals surface area contributed by atoms with Crippen LogP contribution in [-0.2, 0) is 11.8 Å². The number of ether oxygens (including phenoxy) is 1. The van der Waals surface area contributed by atoms with Crippen molar-refractivity contribution in [2.24, 2.45) is 5.73 Å². The molecule has 1 saturated heterocycles. The highest BCUT2D eigenvalue weighted by Gasteiger charge is 2.48. The Hall–Kier alpha value is -3.07. The summed E-state index contributed by atoms with van der Waals surface area (Å²) in [6, 6.07) is 4.48. The van der Waals surface area contributed by atoms with Crippen LogP contribution in [0.3, 0.4) is 0 Å². The van der Waals surface area contributed by atoms with Gasteiger partial charge in [0.25, 0.3) is 5.91 Å². The second-order valence-electron chi connectivity index (χ2n) is 8.36. The highest BCUT2D eigenvalue weighted by molar-refractivity contribution is 5.93. The van der Waals surface area contributed by atoms with Crippen molar-refractivity contribution in [2.45, 2.75) is 30.7 Å². The number of aliphatic hydroxyl groups is 2. The zero-order valence-corrected chi connectivity index (χ0v) is 17.3. The molecule has 1 aromatic heterocycles. The van der Waals surface area contributed by atoms with E-state index in [0.717, 1.165) is 11.6 Å². The lowest BCUT2D eigenvalue weighted by Crippen LogP contribution is -2.33. The fraction of sp³-hybridized carbons (Fsp3) is 0.429. The predicted molar refractivity (Wildman–Crippen MR) is 106 cm³/mol. The van der Waals surface area contributed by atoms with Crippen molar-refractivity contribution in [1.82, 2.24) is 14.7 Å². The van der Waals surface area contributed by atoms with Crippen molar-refractivity contribution in [3.63, 3.8) is 0 Å². The lowest BCUT2D eigenvalue weighted by atomic mass is 9.97. The number of amides is 1. The maximum Gasteiger partial charge on any atom is 0.420 e. The first kappa shape index (κ1) is 22.1. The van der Waals surface area contributed by atoms with Gasteiger partial charge in [0.2, 0.25) is 0 Å². The van der Waals surface area contributed by atoms with E-state index in [9.17, 15) is 28.2 Å². The normalized spacial score (nSPS) is 25.2. The largest absolute Gasteiger partial charge is 0.488 e. The molecule has 1 fully saturated rings. The Morgan fingerprint density at radius 1 is 1.34 bits per heavy atom. The van der Waals surface area contributed by atoms with Crippen LogP contribution in [0.25, 0.3) is 5.69 Å². The van der Waals surface area contributed by atoms with Gasteiger partial charge in [0.1, 0.15) is 34.8 Å². The molecule has 4 N–H and O–H groups in total. The third-order valence-electron chi connectivity index (χ3n) is 5.49. The van der Waals surface area contributed by atoms with Gasteiger partial charge < -0.3 is 25.6 Å². The number of primary amides is 1. The van der Waals surface area contributed by atoms with Crippen LogP contribution in [0.15, 0.2) is 18.2 Å². The molecule has 1 aromatic carbocycles. The molecule has 0 aliphatic carbocycles. The molecule has 2 aromatic rings. The van der Waals surface area contributed by atoms with E-state index in [1.54, 1.807) is 6.07 Å². The highest BCUT2D eigenvalue weighted by Crippen LogP contribution is 2.43. The molecule has 32 heavy (non-hydrogen) atoms. The molecule has 2 atom stereocenters. The first-order chi connectivity index (χ1) is 14.8. The van der Waals surface area contributed by atoms with Crippen molar-refractivity contribution in [3.05, 3.63) is 40.7 Å². The molecule has 2 aliphatic heterocycles. The van der Waals surface area contributed by atoms with Gasteiger partial charge in [0.05, 0.1) is 5.69 Å². The average molecular weight is 450 g/mol. The van der Waals surface area contributed by atoms with E-state index in [4.69, 9.17) is 10.5 Å². The minimum absolute atomic E-state index is 0.0538. The molecular formula is C21H21F3N4O4. The number of hydrogen-bond donors (Lipinski definition) is 3. The summed E-state index contributed by atoms with van der Waals surface area (Å²) in [6.45, 7) is 1.69. The van der Waals surface area contributed by atoms with Crippen LogP contribution in [0.4, 0.5) is 13.2 Å². The third kappa shape index (κ3) is 3.81. The van der Waals surface area contributed by atoms with Gasteiger partial charge in [-0.1, -0.05) is 11.8 Å². The van der Waals surface area contributed by atoms with Crippen LogP contribution in [0.1, 0.15) is 40.7 Å². The maximum atomic E-state index is 13.9. The Bertz CT molecular complexity index is 1160. The summed E-state index contributed by atoms with van der Waals surface area (Å²) in [7, 11) is 1.86. The maximum absolute atomic E-state index is 13.9. The standard InChI is InChI=1S/C21H21F3N4O4/c1-19(30)11-32-14-4-3-12(5-6-20(31)7-8-27(2)10-20)9-13(14)28-17(19)15(21(22,23)24)16(26-28)18(25)29/h3-4,9,30-31H,7-8,10-11H2,1-2H3,(H2,25,29)/t19?,20-/m0/s1. The van der Waals surface area contributed by atoms with E-state index >= 15 is 0 Å². The predicted octanol–water partition coefficient (Wildman–Crippen LogP) is 1.01. The summed E-state index contributed by atoms with van der Waals surface area (Å²) in [5, 5.41) is 25.1. The van der Waals surface area contributed by atoms with Crippen LogP contribution in [0.5, 0.6) is 5.75 Å². The molecule has 4 rings (SSSR count). The molecule has 0 bridgehead atoms. The van der Waals surface area contributed by atoms with E-state index in [1.165, 1.54) is 12.1 Å². The van der Waals surface area contributed by atoms with Gasteiger partial charge in [-0.3, -0.25) is 4.79 Å². The second kappa shape index (κ2) is 7.23. The molecular weight excluding hydrogens is 429 g/mol. The van der Waals surface area contributed by atoms with Crippen LogP contribution in [0, 0.1) is 11.8 Å². The first-order valence-electron chi connectivity index (χ1n) is 9.75. The van der Waals surface area contributed by atoms with E-state index < -0.39 is 46.8 Å². The minimum Gasteiger partial charge on any atom is -0.488 e. The number of likely N-dealkylation sites (tertiary alicyclic amines) is 1. The van der Waals surface area contributed by atoms with E-state index in [1.807, 2.05) is 11.9 Å². The molecule has 8 nitrogen and oxygen atoms in total. The second-order valence-corrected chi connectivity index (χ2v) is 8.36. The molecule has 1 amide bonds. The molecule has 0 spiro atoms. The highest BCUT2D eigenvalue weighted by atomic mass is 19.4. The van der Waals surface area contributed by atoms with E-state index in [-0.39, 0.29) is 11.4 Å². The fourth-order valence-electron chi connectivity index (χ4n) is 3.97. The Morgan fingerprint density at radius 2 is 2.06 bits per heavy atom. The van der Waals surface area contributed by atoms with Gasteiger partial charge in [0, 0.05) is 25.1 Å². The number of hydrogen-bond acceptors (Lipinski definition) is 6. The Morgan fingerprint density at radius 3 is 2.66 bits per heavy atom. The zero-order valence-electron chi connectivity index (χ0n) is 17.3. The van der Waals surface area contributed by atoms with Crippen LogP contribution >= 0.6 is 0 Å². The Labute approximate surface area is 181 Å². The number of halogens is 3. The van der Waals surface area contributed by atoms with Crippen LogP contribution < -0.4 is 10.5 Å². The van der Waals surface area contributed by atoms with Crippen molar-refractivity contribution < 1.29 is 32.9 Å². The molecule has 1 unspecified atom stereocenters. The van der Waals surface area contributed by atoms with Gasteiger partial charge in [-0.2, -0.15) is 18.3 Å². The molecule has 0 saturated carbocycles. The molecule has 3 heterocycles.